The third kappa shape index (κ3) is 2.62. The number of nitrogens with two attached hydrogens (primary N) is 1. The van der Waals surface area contributed by atoms with Crippen molar-refractivity contribution in [3.05, 3.63) is 48.3 Å². The molecule has 0 aliphatic heterocycles. The largest absolute Gasteiger partial charge is 0.397 e. The van der Waals surface area contributed by atoms with Gasteiger partial charge in [-0.2, -0.15) is 0 Å². The van der Waals surface area contributed by atoms with Gasteiger partial charge in [-0.25, -0.2) is 0 Å². The van der Waals surface area contributed by atoms with Crippen LogP contribution in [0.25, 0.3) is 0 Å². The van der Waals surface area contributed by atoms with Crippen LogP contribution in [0.2, 0.25) is 0 Å². The fraction of sp³-hybridized carbons (Fsp3) is 0.267. The molecule has 1 heterocycles. The maximum Gasteiger partial charge on any atom is 0.274 e. The second kappa shape index (κ2) is 5.61. The van der Waals surface area contributed by atoms with Crippen molar-refractivity contribution in [1.82, 2.24) is 4.57 Å². The monoisotopic (exact) mass is 257 g/mol. The molecule has 4 nitrogen and oxygen atoms in total. The van der Waals surface area contributed by atoms with Crippen molar-refractivity contribution in [1.29, 1.82) is 0 Å². The van der Waals surface area contributed by atoms with Crippen molar-refractivity contribution >= 4 is 17.3 Å². The van der Waals surface area contributed by atoms with Gasteiger partial charge in [0.25, 0.3) is 5.91 Å². The molecule has 2 aromatic rings. The zero-order valence-electron chi connectivity index (χ0n) is 11.3. The SMILES string of the molecule is CCN(C(=O)c1cc(N)cn1CC)c1ccccc1. The molecule has 0 saturated heterocycles. The number of anilines is 2. The van der Waals surface area contributed by atoms with E-state index < -0.39 is 0 Å². The fourth-order valence-corrected chi connectivity index (χ4v) is 2.16. The van der Waals surface area contributed by atoms with Gasteiger partial charge in [0.2, 0.25) is 0 Å². The summed E-state index contributed by atoms with van der Waals surface area (Å²) in [6.45, 7) is 5.31. The molecule has 0 aliphatic rings. The summed E-state index contributed by atoms with van der Waals surface area (Å²) < 4.78 is 1.88. The Morgan fingerprint density at radius 3 is 2.53 bits per heavy atom. The van der Waals surface area contributed by atoms with Crippen molar-refractivity contribution in [3.8, 4) is 0 Å². The topological polar surface area (TPSA) is 51.3 Å². The number of amides is 1. The smallest absolute Gasteiger partial charge is 0.274 e. The predicted molar refractivity (Wildman–Crippen MR) is 78.3 cm³/mol. The second-order valence-electron chi connectivity index (χ2n) is 4.33. The average Bonchev–Trinajstić information content (AvgIpc) is 2.82. The molecule has 0 spiro atoms. The van der Waals surface area contributed by atoms with E-state index in [1.165, 1.54) is 0 Å². The first-order chi connectivity index (χ1) is 9.17. The zero-order valence-corrected chi connectivity index (χ0v) is 11.3. The lowest BCUT2D eigenvalue weighted by Crippen LogP contribution is -2.32. The number of hydrogen-bond acceptors (Lipinski definition) is 2. The minimum Gasteiger partial charge on any atom is -0.397 e. The van der Waals surface area contributed by atoms with Crippen LogP contribution in [0.15, 0.2) is 42.6 Å². The summed E-state index contributed by atoms with van der Waals surface area (Å²) in [6.07, 6.45) is 1.80. The normalized spacial score (nSPS) is 10.4. The number of nitrogens with zero attached hydrogens (tertiary/aromatic N) is 2. The van der Waals surface area contributed by atoms with Gasteiger partial charge in [-0.05, 0) is 32.0 Å². The summed E-state index contributed by atoms with van der Waals surface area (Å²) in [6, 6.07) is 11.4. The number of carbonyl (C=O) groups is 1. The molecule has 1 aromatic heterocycles. The number of nitrogen functional groups attached to an aromatic ring is 1. The van der Waals surface area contributed by atoms with Crippen LogP contribution in [-0.4, -0.2) is 17.0 Å². The van der Waals surface area contributed by atoms with Gasteiger partial charge in [0.15, 0.2) is 0 Å². The van der Waals surface area contributed by atoms with E-state index in [-0.39, 0.29) is 5.91 Å². The Bertz CT molecular complexity index is 560. The Balaban J connectivity index is 2.36. The van der Waals surface area contributed by atoms with Gasteiger partial charge in [0.1, 0.15) is 5.69 Å². The first-order valence-electron chi connectivity index (χ1n) is 6.50. The van der Waals surface area contributed by atoms with Gasteiger partial charge >= 0.3 is 0 Å². The highest BCUT2D eigenvalue weighted by Gasteiger charge is 2.19. The van der Waals surface area contributed by atoms with Gasteiger partial charge in [0.05, 0.1) is 5.69 Å². The molecule has 0 atom stereocenters. The second-order valence-corrected chi connectivity index (χ2v) is 4.33. The maximum absolute atomic E-state index is 12.6. The summed E-state index contributed by atoms with van der Waals surface area (Å²) in [5, 5.41) is 0. The highest BCUT2D eigenvalue weighted by Crippen LogP contribution is 2.19. The van der Waals surface area contributed by atoms with Gasteiger partial charge in [-0.1, -0.05) is 18.2 Å². The number of rotatable bonds is 4. The summed E-state index contributed by atoms with van der Waals surface area (Å²) in [4.78, 5) is 14.4. The Hall–Kier alpha value is -2.23. The molecule has 2 N–H and O–H groups in total. The fourth-order valence-electron chi connectivity index (χ4n) is 2.16. The van der Waals surface area contributed by atoms with Crippen molar-refractivity contribution in [2.75, 3.05) is 17.2 Å². The zero-order chi connectivity index (χ0) is 13.8. The number of hydrogen-bond donors (Lipinski definition) is 1. The molecule has 0 aliphatic carbocycles. The molecule has 0 saturated carbocycles. The van der Waals surface area contributed by atoms with Crippen LogP contribution < -0.4 is 10.6 Å². The molecule has 1 amide bonds. The molecule has 0 radical (unpaired) electrons. The van der Waals surface area contributed by atoms with Crippen molar-refractivity contribution in [2.45, 2.75) is 20.4 Å². The number of carbonyl (C=O) groups excluding carboxylic acids is 1. The van der Waals surface area contributed by atoms with E-state index in [0.29, 0.717) is 17.9 Å². The van der Waals surface area contributed by atoms with E-state index in [2.05, 4.69) is 0 Å². The number of aromatic nitrogens is 1. The van der Waals surface area contributed by atoms with Crippen LogP contribution in [0.5, 0.6) is 0 Å². The third-order valence-corrected chi connectivity index (χ3v) is 3.11. The molecular weight excluding hydrogens is 238 g/mol. The molecule has 19 heavy (non-hydrogen) atoms. The number of para-hydroxylation sites is 1. The summed E-state index contributed by atoms with van der Waals surface area (Å²) in [5.41, 5.74) is 7.93. The van der Waals surface area contributed by atoms with Crippen LogP contribution in [0.3, 0.4) is 0 Å². The van der Waals surface area contributed by atoms with Crippen LogP contribution in [0, 0.1) is 0 Å². The molecule has 0 bridgehead atoms. The highest BCUT2D eigenvalue weighted by molar-refractivity contribution is 6.05. The highest BCUT2D eigenvalue weighted by atomic mass is 16.2. The Morgan fingerprint density at radius 1 is 1.26 bits per heavy atom. The molecule has 2 rings (SSSR count). The lowest BCUT2D eigenvalue weighted by atomic mass is 10.2. The van der Waals surface area contributed by atoms with E-state index in [1.807, 2.05) is 48.7 Å². The molecule has 100 valence electrons. The maximum atomic E-state index is 12.6. The van der Waals surface area contributed by atoms with E-state index in [4.69, 9.17) is 5.73 Å². The predicted octanol–water partition coefficient (Wildman–Crippen LogP) is 2.76. The van der Waals surface area contributed by atoms with Gasteiger partial charge in [0, 0.05) is 25.0 Å². The minimum absolute atomic E-state index is 0.0211. The summed E-state index contributed by atoms with van der Waals surface area (Å²) >= 11 is 0. The number of aryl methyl sites for hydroxylation is 1. The first-order valence-corrected chi connectivity index (χ1v) is 6.50. The van der Waals surface area contributed by atoms with E-state index >= 15 is 0 Å². The van der Waals surface area contributed by atoms with Gasteiger partial charge in [-0.3, -0.25) is 4.79 Å². The first kappa shape index (κ1) is 13.2. The van der Waals surface area contributed by atoms with Crippen LogP contribution in [0.1, 0.15) is 24.3 Å². The summed E-state index contributed by atoms with van der Waals surface area (Å²) in [5.74, 6) is -0.0211. The molecule has 1 aromatic carbocycles. The molecule has 4 heteroatoms. The van der Waals surface area contributed by atoms with Crippen LogP contribution in [0.4, 0.5) is 11.4 Å². The minimum atomic E-state index is -0.0211. The van der Waals surface area contributed by atoms with E-state index in [9.17, 15) is 4.79 Å². The molecular formula is C15H19N3O. The van der Waals surface area contributed by atoms with Crippen molar-refractivity contribution in [3.63, 3.8) is 0 Å². The summed E-state index contributed by atoms with van der Waals surface area (Å²) in [7, 11) is 0. The van der Waals surface area contributed by atoms with Gasteiger partial charge in [-0.15, -0.1) is 0 Å². The van der Waals surface area contributed by atoms with E-state index in [1.54, 1.807) is 17.2 Å². The van der Waals surface area contributed by atoms with Crippen molar-refractivity contribution in [2.24, 2.45) is 0 Å². The van der Waals surface area contributed by atoms with Crippen LogP contribution in [-0.2, 0) is 6.54 Å². The van der Waals surface area contributed by atoms with E-state index in [0.717, 1.165) is 12.2 Å². The lowest BCUT2D eigenvalue weighted by molar-refractivity contribution is 0.0979. The Kier molecular flexibility index (Phi) is 3.90. The quantitative estimate of drug-likeness (QED) is 0.915. The molecule has 0 fully saturated rings. The number of benzene rings is 1. The van der Waals surface area contributed by atoms with Crippen LogP contribution >= 0.6 is 0 Å². The standard InChI is InChI=1S/C15H19N3O/c1-3-17-11-12(16)10-14(17)15(19)18(4-2)13-8-6-5-7-9-13/h5-11H,3-4,16H2,1-2H3. The Morgan fingerprint density at radius 2 is 1.95 bits per heavy atom. The Labute approximate surface area is 113 Å². The lowest BCUT2D eigenvalue weighted by Gasteiger charge is -2.21. The average molecular weight is 257 g/mol. The van der Waals surface area contributed by atoms with Gasteiger partial charge < -0.3 is 15.2 Å². The molecule has 0 unspecified atom stereocenters. The third-order valence-electron chi connectivity index (χ3n) is 3.11. The van der Waals surface area contributed by atoms with Crippen molar-refractivity contribution < 1.29 is 4.79 Å².